The van der Waals surface area contributed by atoms with Gasteiger partial charge in [-0.15, -0.1) is 0 Å². The molecule has 0 aliphatic rings. The Morgan fingerprint density at radius 3 is 2.55 bits per heavy atom. The third kappa shape index (κ3) is 2.12. The molecule has 1 heterocycles. The third-order valence-electron chi connectivity index (χ3n) is 2.95. The average molecular weight is 291 g/mol. The number of benzene rings is 2. The Morgan fingerprint density at radius 2 is 1.80 bits per heavy atom. The summed E-state index contributed by atoms with van der Waals surface area (Å²) in [5, 5.41) is 0.0534. The highest BCUT2D eigenvalue weighted by Crippen LogP contribution is 2.21. The molecule has 2 aromatic carbocycles. The molecule has 0 spiro atoms. The molecule has 0 bridgehead atoms. The van der Waals surface area contributed by atoms with Crippen molar-refractivity contribution in [3.63, 3.8) is 0 Å². The molecule has 0 aliphatic heterocycles. The van der Waals surface area contributed by atoms with Crippen LogP contribution in [0.2, 0.25) is 5.02 Å². The zero-order valence-electron chi connectivity index (χ0n) is 10.0. The largest absolute Gasteiger partial charge is 0.323 e. The molecule has 0 amide bonds. The Labute approximate surface area is 117 Å². The van der Waals surface area contributed by atoms with Gasteiger partial charge in [-0.3, -0.25) is 4.79 Å². The molecule has 2 N–H and O–H groups in total. The monoisotopic (exact) mass is 290 g/mol. The van der Waals surface area contributed by atoms with Gasteiger partial charge in [0, 0.05) is 11.1 Å². The van der Waals surface area contributed by atoms with E-state index in [0.29, 0.717) is 16.6 Å². The molecule has 0 saturated carbocycles. The van der Waals surface area contributed by atoms with Gasteiger partial charge in [0.1, 0.15) is 5.82 Å². The van der Waals surface area contributed by atoms with Gasteiger partial charge in [0.05, 0.1) is 16.1 Å². The Hall–Kier alpha value is -2.40. The first-order valence-electron chi connectivity index (χ1n) is 5.76. The quantitative estimate of drug-likeness (QED) is 0.713. The number of carbonyl (C=O) groups excluding carboxylic acids is 1. The fourth-order valence-electron chi connectivity index (χ4n) is 2.00. The number of halogens is 2. The Balaban J connectivity index is 2.09. The Bertz CT molecular complexity index is 882. The van der Waals surface area contributed by atoms with Crippen LogP contribution in [0.4, 0.5) is 4.39 Å². The van der Waals surface area contributed by atoms with E-state index in [4.69, 9.17) is 11.6 Å². The summed E-state index contributed by atoms with van der Waals surface area (Å²) in [5.74, 6) is -0.837. The Morgan fingerprint density at radius 1 is 1.05 bits per heavy atom. The van der Waals surface area contributed by atoms with Crippen LogP contribution in [-0.4, -0.2) is 15.8 Å². The molecule has 0 atom stereocenters. The predicted octanol–water partition coefficient (Wildman–Crippen LogP) is 2.88. The van der Waals surface area contributed by atoms with Crippen molar-refractivity contribution in [2.45, 2.75) is 0 Å². The van der Waals surface area contributed by atoms with Crippen molar-refractivity contribution in [3.8, 4) is 0 Å². The lowest BCUT2D eigenvalue weighted by Crippen LogP contribution is -2.02. The van der Waals surface area contributed by atoms with Crippen molar-refractivity contribution >= 4 is 28.4 Å². The van der Waals surface area contributed by atoms with E-state index in [9.17, 15) is 14.0 Å². The molecule has 100 valence electrons. The van der Waals surface area contributed by atoms with Crippen LogP contribution in [0.25, 0.3) is 11.0 Å². The fraction of sp³-hybridized carbons (Fsp3) is 0. The zero-order chi connectivity index (χ0) is 14.3. The summed E-state index contributed by atoms with van der Waals surface area (Å²) in [7, 11) is 0. The highest BCUT2D eigenvalue weighted by molar-refractivity contribution is 6.35. The van der Waals surface area contributed by atoms with Gasteiger partial charge in [-0.2, -0.15) is 0 Å². The minimum atomic E-state index is -0.503. The third-order valence-corrected chi connectivity index (χ3v) is 3.27. The van der Waals surface area contributed by atoms with Crippen LogP contribution >= 0.6 is 11.6 Å². The number of carbonyl (C=O) groups is 1. The second-order valence-corrected chi connectivity index (χ2v) is 4.70. The molecule has 3 aromatic rings. The molecular formula is C14H8ClFN2O2. The second-order valence-electron chi connectivity index (χ2n) is 4.29. The molecule has 3 rings (SSSR count). The van der Waals surface area contributed by atoms with Crippen LogP contribution in [0.3, 0.4) is 0 Å². The molecule has 0 saturated heterocycles. The zero-order valence-corrected chi connectivity index (χ0v) is 10.8. The molecular weight excluding hydrogens is 283 g/mol. The van der Waals surface area contributed by atoms with Crippen molar-refractivity contribution < 1.29 is 9.18 Å². The lowest BCUT2D eigenvalue weighted by Gasteiger charge is -2.04. The van der Waals surface area contributed by atoms with Crippen LogP contribution in [0.5, 0.6) is 0 Å². The summed E-state index contributed by atoms with van der Waals surface area (Å²) in [6.45, 7) is 0. The number of imidazole rings is 1. The number of fused-ring (bicyclic) bond motifs is 1. The number of hydrogen-bond acceptors (Lipinski definition) is 2. The molecule has 0 fully saturated rings. The molecule has 1 aromatic heterocycles. The summed E-state index contributed by atoms with van der Waals surface area (Å²) >= 11 is 5.87. The van der Waals surface area contributed by atoms with Gasteiger partial charge in [0.2, 0.25) is 0 Å². The minimum absolute atomic E-state index is 0.0534. The van der Waals surface area contributed by atoms with Gasteiger partial charge < -0.3 is 9.97 Å². The van der Waals surface area contributed by atoms with E-state index >= 15 is 0 Å². The summed E-state index contributed by atoms with van der Waals surface area (Å²) in [5.41, 5.74) is 1.37. The van der Waals surface area contributed by atoms with Crippen LogP contribution in [0, 0.1) is 5.82 Å². The molecule has 6 heteroatoms. The van der Waals surface area contributed by atoms with Crippen molar-refractivity contribution in [2.24, 2.45) is 0 Å². The SMILES string of the molecule is O=C(c1ccc2[nH]c(=O)[nH]c2c1)c1ccc(F)cc1Cl. The van der Waals surface area contributed by atoms with E-state index in [1.165, 1.54) is 12.1 Å². The van der Waals surface area contributed by atoms with Gasteiger partial charge >= 0.3 is 5.69 Å². The highest BCUT2D eigenvalue weighted by atomic mass is 35.5. The Kier molecular flexibility index (Phi) is 2.91. The molecule has 0 aliphatic carbocycles. The standard InChI is InChI=1S/C14H8ClFN2O2/c15-10-6-8(16)2-3-9(10)13(19)7-1-4-11-12(5-7)18-14(20)17-11/h1-6H,(H2,17,18,20). The number of nitrogens with one attached hydrogen (secondary N) is 2. The smallest absolute Gasteiger partial charge is 0.306 e. The summed E-state index contributed by atoms with van der Waals surface area (Å²) in [6.07, 6.45) is 0. The normalized spacial score (nSPS) is 10.9. The first kappa shape index (κ1) is 12.6. The predicted molar refractivity (Wildman–Crippen MR) is 73.8 cm³/mol. The number of hydrogen-bond donors (Lipinski definition) is 2. The van der Waals surface area contributed by atoms with E-state index in [2.05, 4.69) is 9.97 Å². The van der Waals surface area contributed by atoms with E-state index in [0.717, 1.165) is 6.07 Å². The summed E-state index contributed by atoms with van der Waals surface area (Å²) in [6, 6.07) is 8.35. The number of aromatic amines is 2. The van der Waals surface area contributed by atoms with Crippen molar-refractivity contribution in [1.82, 2.24) is 9.97 Å². The second kappa shape index (κ2) is 4.61. The van der Waals surface area contributed by atoms with Crippen molar-refractivity contribution in [1.29, 1.82) is 0 Å². The summed E-state index contributed by atoms with van der Waals surface area (Å²) in [4.78, 5) is 28.7. The first-order chi connectivity index (χ1) is 9.54. The first-order valence-corrected chi connectivity index (χ1v) is 6.14. The fourth-order valence-corrected chi connectivity index (χ4v) is 2.26. The number of H-pyrrole nitrogens is 2. The number of ketones is 1. The lowest BCUT2D eigenvalue weighted by molar-refractivity contribution is 0.103. The average Bonchev–Trinajstić information content (AvgIpc) is 2.77. The van der Waals surface area contributed by atoms with Crippen molar-refractivity contribution in [2.75, 3.05) is 0 Å². The maximum Gasteiger partial charge on any atom is 0.323 e. The van der Waals surface area contributed by atoms with Crippen LogP contribution in [-0.2, 0) is 0 Å². The maximum absolute atomic E-state index is 13.0. The van der Waals surface area contributed by atoms with Crippen LogP contribution < -0.4 is 5.69 Å². The van der Waals surface area contributed by atoms with E-state index in [-0.39, 0.29) is 22.1 Å². The van der Waals surface area contributed by atoms with E-state index < -0.39 is 5.82 Å². The summed E-state index contributed by atoms with van der Waals surface area (Å²) < 4.78 is 13.0. The molecule has 20 heavy (non-hydrogen) atoms. The minimum Gasteiger partial charge on any atom is -0.306 e. The van der Waals surface area contributed by atoms with Crippen molar-refractivity contribution in [3.05, 3.63) is 68.8 Å². The number of aromatic nitrogens is 2. The van der Waals surface area contributed by atoms with E-state index in [1.54, 1.807) is 18.2 Å². The van der Waals surface area contributed by atoms with Crippen LogP contribution in [0.15, 0.2) is 41.2 Å². The maximum atomic E-state index is 13.0. The highest BCUT2D eigenvalue weighted by Gasteiger charge is 2.14. The van der Waals surface area contributed by atoms with E-state index in [1.807, 2.05) is 0 Å². The number of rotatable bonds is 2. The van der Waals surface area contributed by atoms with Gasteiger partial charge in [-0.05, 0) is 36.4 Å². The molecule has 0 unspecified atom stereocenters. The van der Waals surface area contributed by atoms with Crippen LogP contribution in [0.1, 0.15) is 15.9 Å². The van der Waals surface area contributed by atoms with Gasteiger partial charge in [-0.1, -0.05) is 11.6 Å². The molecule has 4 nitrogen and oxygen atoms in total. The molecule has 0 radical (unpaired) electrons. The lowest BCUT2D eigenvalue weighted by atomic mass is 10.0. The topological polar surface area (TPSA) is 65.7 Å². The van der Waals surface area contributed by atoms with Gasteiger partial charge in [0.15, 0.2) is 5.78 Å². The van der Waals surface area contributed by atoms with Gasteiger partial charge in [-0.25, -0.2) is 9.18 Å². The van der Waals surface area contributed by atoms with Gasteiger partial charge in [0.25, 0.3) is 0 Å².